The fraction of sp³-hybridized carbons (Fsp3) is 1.00. The third-order valence-electron chi connectivity index (χ3n) is 1.87. The Hall–Kier alpha value is 0.350. The summed E-state index contributed by atoms with van der Waals surface area (Å²) in [6, 6.07) is 0.613. The lowest BCUT2D eigenvalue weighted by atomic mass is 9.96. The van der Waals surface area contributed by atoms with E-state index in [0.29, 0.717) is 6.04 Å². The van der Waals surface area contributed by atoms with E-state index in [-0.39, 0.29) is 8.96 Å². The van der Waals surface area contributed by atoms with Crippen molar-refractivity contribution < 1.29 is 4.89 Å². The first-order chi connectivity index (χ1) is 4.43. The Bertz CT molecular complexity index is 70.7. The van der Waals surface area contributed by atoms with Gasteiger partial charge in [0.1, 0.15) is 0 Å². The highest BCUT2D eigenvalue weighted by Crippen LogP contribution is 2.19. The summed E-state index contributed by atoms with van der Waals surface area (Å²) in [6.07, 6.45) is 6.57. The molecule has 0 amide bonds. The van der Waals surface area contributed by atoms with Crippen molar-refractivity contribution in [3.05, 3.63) is 0 Å². The van der Waals surface area contributed by atoms with Crippen LogP contribution in [0, 0.1) is 0 Å². The summed E-state index contributed by atoms with van der Waals surface area (Å²) in [5.74, 6) is 0. The molecule has 1 saturated carbocycles. The van der Waals surface area contributed by atoms with Crippen LogP contribution in [0.25, 0.3) is 0 Å². The molecule has 2 N–H and O–H groups in total. The zero-order valence-corrected chi connectivity index (χ0v) is 6.56. The number of nitrogens with one attached hydrogen (secondary N) is 1. The van der Waals surface area contributed by atoms with E-state index in [1.54, 1.807) is 0 Å². The van der Waals surface area contributed by atoms with Gasteiger partial charge in [-0.2, -0.15) is 0 Å². The fourth-order valence-corrected chi connectivity index (χ4v) is 1.81. The first-order valence-electron chi connectivity index (χ1n) is 3.58. The molecule has 0 radical (unpaired) electrons. The molecule has 0 aromatic carbocycles. The van der Waals surface area contributed by atoms with Crippen LogP contribution in [0.1, 0.15) is 32.1 Å². The average molecular weight is 147 g/mol. The zero-order chi connectivity index (χ0) is 6.53. The van der Waals surface area contributed by atoms with Gasteiger partial charge in [-0.25, -0.2) is 0 Å². The van der Waals surface area contributed by atoms with Crippen LogP contribution in [0.15, 0.2) is 0 Å². The van der Waals surface area contributed by atoms with Crippen molar-refractivity contribution in [3.8, 4) is 0 Å². The van der Waals surface area contributed by atoms with Gasteiger partial charge >= 0.3 is 0 Å². The van der Waals surface area contributed by atoms with Crippen LogP contribution in [-0.2, 0) is 0 Å². The summed E-state index contributed by atoms with van der Waals surface area (Å²) in [4.78, 5) is 8.54. The Morgan fingerprint density at radius 1 is 1.22 bits per heavy atom. The van der Waals surface area contributed by atoms with E-state index in [4.69, 9.17) is 4.89 Å². The lowest BCUT2D eigenvalue weighted by Gasteiger charge is -2.20. The second-order valence-corrected chi connectivity index (χ2v) is 3.10. The fourth-order valence-electron chi connectivity index (χ4n) is 1.34. The highest BCUT2D eigenvalue weighted by Gasteiger charge is 2.10. The van der Waals surface area contributed by atoms with Crippen molar-refractivity contribution in [1.29, 1.82) is 0 Å². The minimum absolute atomic E-state index is 0.0614. The van der Waals surface area contributed by atoms with E-state index in [9.17, 15) is 0 Å². The second kappa shape index (κ2) is 4.21. The molecule has 0 aromatic heterocycles. The Morgan fingerprint density at radius 3 is 2.44 bits per heavy atom. The Labute approximate surface area is 58.0 Å². The summed E-state index contributed by atoms with van der Waals surface area (Å²) in [6.45, 7) is 0. The first kappa shape index (κ1) is 7.46. The molecule has 0 saturated heterocycles. The maximum absolute atomic E-state index is 8.54. The van der Waals surface area contributed by atoms with Crippen LogP contribution in [0.2, 0.25) is 0 Å². The van der Waals surface area contributed by atoms with Gasteiger partial charge in [0.05, 0.1) is 8.96 Å². The van der Waals surface area contributed by atoms with Gasteiger partial charge in [0.25, 0.3) is 0 Å². The predicted molar refractivity (Wildman–Crippen MR) is 40.5 cm³/mol. The van der Waals surface area contributed by atoms with Gasteiger partial charge in [0, 0.05) is 6.04 Å². The van der Waals surface area contributed by atoms with E-state index in [1.807, 2.05) is 0 Å². The molecule has 1 atom stereocenters. The normalized spacial score (nSPS) is 23.7. The number of hydrogen-bond donors (Lipinski definition) is 2. The van der Waals surface area contributed by atoms with E-state index in [1.165, 1.54) is 32.1 Å². The van der Waals surface area contributed by atoms with Crippen molar-refractivity contribution in [2.45, 2.75) is 38.1 Å². The quantitative estimate of drug-likeness (QED) is 0.579. The molecule has 1 unspecified atom stereocenters. The minimum Gasteiger partial charge on any atom is -0.361 e. The SMILES string of the molecule is OPNC1CCCCC1. The largest absolute Gasteiger partial charge is 0.361 e. The third kappa shape index (κ3) is 2.61. The molecule has 0 aliphatic heterocycles. The maximum Gasteiger partial charge on any atom is 0.0827 e. The lowest BCUT2D eigenvalue weighted by molar-refractivity contribution is 0.414. The summed E-state index contributed by atoms with van der Waals surface area (Å²) in [5.41, 5.74) is 0. The molecule has 1 fully saturated rings. The average Bonchev–Trinajstić information content (AvgIpc) is 1.91. The van der Waals surface area contributed by atoms with Gasteiger partial charge in [0.15, 0.2) is 0 Å². The maximum atomic E-state index is 8.54. The molecule has 2 nitrogen and oxygen atoms in total. The molecule has 0 heterocycles. The van der Waals surface area contributed by atoms with Crippen LogP contribution in [0.5, 0.6) is 0 Å². The van der Waals surface area contributed by atoms with Crippen molar-refractivity contribution in [3.63, 3.8) is 0 Å². The predicted octanol–water partition coefficient (Wildman–Crippen LogP) is 1.41. The molecule has 9 heavy (non-hydrogen) atoms. The molecular weight excluding hydrogens is 133 g/mol. The number of rotatable bonds is 2. The van der Waals surface area contributed by atoms with Gasteiger partial charge in [0.2, 0.25) is 0 Å². The number of hydrogen-bond acceptors (Lipinski definition) is 2. The summed E-state index contributed by atoms with van der Waals surface area (Å²) >= 11 is 0. The Kier molecular flexibility index (Phi) is 3.49. The Balaban J connectivity index is 2.08. The molecule has 3 heteroatoms. The van der Waals surface area contributed by atoms with Gasteiger partial charge < -0.3 is 4.89 Å². The van der Waals surface area contributed by atoms with Gasteiger partial charge in [-0.3, -0.25) is 5.09 Å². The van der Waals surface area contributed by atoms with Crippen molar-refractivity contribution in [1.82, 2.24) is 5.09 Å². The van der Waals surface area contributed by atoms with Crippen LogP contribution < -0.4 is 5.09 Å². The molecule has 54 valence electrons. The summed E-state index contributed by atoms with van der Waals surface area (Å²) in [7, 11) is -0.0614. The van der Waals surface area contributed by atoms with Gasteiger partial charge in [-0.05, 0) is 12.8 Å². The van der Waals surface area contributed by atoms with E-state index in [2.05, 4.69) is 5.09 Å². The molecule has 0 spiro atoms. The summed E-state index contributed by atoms with van der Waals surface area (Å²) < 4.78 is 0. The molecule has 0 bridgehead atoms. The highest BCUT2D eigenvalue weighted by molar-refractivity contribution is 7.28. The lowest BCUT2D eigenvalue weighted by Crippen LogP contribution is -2.24. The molecular formula is C6H14NOP. The van der Waals surface area contributed by atoms with Crippen LogP contribution in [0.3, 0.4) is 0 Å². The van der Waals surface area contributed by atoms with E-state index >= 15 is 0 Å². The van der Waals surface area contributed by atoms with Crippen LogP contribution in [-0.4, -0.2) is 10.9 Å². The highest BCUT2D eigenvalue weighted by atomic mass is 31.1. The third-order valence-corrected chi connectivity index (χ3v) is 2.41. The van der Waals surface area contributed by atoms with Crippen molar-refractivity contribution in [2.75, 3.05) is 0 Å². The van der Waals surface area contributed by atoms with E-state index < -0.39 is 0 Å². The molecule has 1 aliphatic rings. The monoisotopic (exact) mass is 147 g/mol. The zero-order valence-electron chi connectivity index (χ0n) is 5.56. The minimum atomic E-state index is -0.0614. The summed E-state index contributed by atoms with van der Waals surface area (Å²) in [5, 5.41) is 3.07. The van der Waals surface area contributed by atoms with Gasteiger partial charge in [-0.1, -0.05) is 19.3 Å². The smallest absolute Gasteiger partial charge is 0.0827 e. The standard InChI is InChI=1S/C6H14NOP/c8-9-7-6-4-2-1-3-5-6/h6-9H,1-5H2. The van der Waals surface area contributed by atoms with Crippen molar-refractivity contribution >= 4 is 8.96 Å². The second-order valence-electron chi connectivity index (χ2n) is 2.59. The Morgan fingerprint density at radius 2 is 1.89 bits per heavy atom. The topological polar surface area (TPSA) is 32.3 Å². The van der Waals surface area contributed by atoms with Crippen LogP contribution >= 0.6 is 8.96 Å². The molecule has 1 rings (SSSR count). The van der Waals surface area contributed by atoms with E-state index in [0.717, 1.165) is 0 Å². The van der Waals surface area contributed by atoms with Gasteiger partial charge in [-0.15, -0.1) is 0 Å². The molecule has 1 aliphatic carbocycles. The van der Waals surface area contributed by atoms with Crippen LogP contribution in [0.4, 0.5) is 0 Å². The first-order valence-corrected chi connectivity index (χ1v) is 4.53. The van der Waals surface area contributed by atoms with Crippen molar-refractivity contribution in [2.24, 2.45) is 0 Å². The molecule has 0 aromatic rings.